The monoisotopic (exact) mass is 277 g/mol. The van der Waals surface area contributed by atoms with E-state index >= 15 is 0 Å². The molecule has 1 amide bonds. The molecular formula is C15H19NO2S. The molecule has 1 aromatic heterocycles. The maximum absolute atomic E-state index is 12.3. The molecule has 1 heterocycles. The Bertz CT molecular complexity index is 492. The second kappa shape index (κ2) is 6.74. The standard InChI is InChI=1S/C15H19NO2S/c1-16(12-6-2-3-7-12)15(18)14-10-9-13(19-14)8-4-5-11-17/h9-10,12,17H,2-3,5-7,11H2,1H3. The van der Waals surface area contributed by atoms with Crippen molar-refractivity contribution in [2.45, 2.75) is 38.1 Å². The summed E-state index contributed by atoms with van der Waals surface area (Å²) in [6, 6.07) is 4.13. The Morgan fingerprint density at radius 2 is 2.21 bits per heavy atom. The van der Waals surface area contributed by atoms with Gasteiger partial charge in [0.15, 0.2) is 0 Å². The van der Waals surface area contributed by atoms with E-state index in [4.69, 9.17) is 5.11 Å². The van der Waals surface area contributed by atoms with Crippen molar-refractivity contribution in [2.75, 3.05) is 13.7 Å². The topological polar surface area (TPSA) is 40.5 Å². The Kier molecular flexibility index (Phi) is 5.00. The summed E-state index contributed by atoms with van der Waals surface area (Å²) < 4.78 is 0. The van der Waals surface area contributed by atoms with Crippen LogP contribution in [0.2, 0.25) is 0 Å². The third kappa shape index (κ3) is 3.59. The van der Waals surface area contributed by atoms with Gasteiger partial charge in [-0.05, 0) is 25.0 Å². The lowest BCUT2D eigenvalue weighted by molar-refractivity contribution is 0.0740. The van der Waals surface area contributed by atoms with E-state index in [0.717, 1.165) is 22.6 Å². The number of aliphatic hydroxyl groups excluding tert-OH is 1. The minimum atomic E-state index is 0.0780. The van der Waals surface area contributed by atoms with Crippen LogP contribution >= 0.6 is 11.3 Å². The molecule has 0 aromatic carbocycles. The smallest absolute Gasteiger partial charge is 0.263 e. The van der Waals surface area contributed by atoms with E-state index in [-0.39, 0.29) is 12.5 Å². The fourth-order valence-corrected chi connectivity index (χ4v) is 3.22. The maximum atomic E-state index is 12.3. The molecule has 102 valence electrons. The van der Waals surface area contributed by atoms with Crippen molar-refractivity contribution in [2.24, 2.45) is 0 Å². The fourth-order valence-electron chi connectivity index (χ4n) is 2.36. The van der Waals surface area contributed by atoms with Crippen LogP contribution in [-0.2, 0) is 0 Å². The van der Waals surface area contributed by atoms with Crippen LogP contribution in [-0.4, -0.2) is 35.6 Å². The van der Waals surface area contributed by atoms with Gasteiger partial charge in [0.2, 0.25) is 0 Å². The van der Waals surface area contributed by atoms with Crippen LogP contribution in [0.15, 0.2) is 12.1 Å². The van der Waals surface area contributed by atoms with Gasteiger partial charge in [0, 0.05) is 19.5 Å². The van der Waals surface area contributed by atoms with Crippen LogP contribution in [0.1, 0.15) is 46.7 Å². The van der Waals surface area contributed by atoms with Gasteiger partial charge in [-0.25, -0.2) is 0 Å². The van der Waals surface area contributed by atoms with Gasteiger partial charge in [-0.2, -0.15) is 0 Å². The quantitative estimate of drug-likeness (QED) is 0.862. The molecule has 4 heteroatoms. The Balaban J connectivity index is 2.01. The van der Waals surface area contributed by atoms with Crippen molar-refractivity contribution >= 4 is 17.2 Å². The highest BCUT2D eigenvalue weighted by Crippen LogP contribution is 2.25. The summed E-state index contributed by atoms with van der Waals surface area (Å²) >= 11 is 1.43. The first-order valence-electron chi connectivity index (χ1n) is 6.69. The van der Waals surface area contributed by atoms with Crippen LogP contribution in [0.3, 0.4) is 0 Å². The molecule has 0 spiro atoms. The van der Waals surface area contributed by atoms with E-state index < -0.39 is 0 Å². The first-order chi connectivity index (χ1) is 9.22. The van der Waals surface area contributed by atoms with E-state index in [9.17, 15) is 4.79 Å². The van der Waals surface area contributed by atoms with Crippen LogP contribution in [0.25, 0.3) is 0 Å². The summed E-state index contributed by atoms with van der Waals surface area (Å²) in [6.07, 6.45) is 5.17. The molecule has 0 bridgehead atoms. The Hall–Kier alpha value is -1.31. The molecule has 1 N–H and O–H groups in total. The van der Waals surface area contributed by atoms with Crippen LogP contribution in [0, 0.1) is 11.8 Å². The van der Waals surface area contributed by atoms with Crippen molar-refractivity contribution < 1.29 is 9.90 Å². The molecule has 0 aliphatic heterocycles. The number of hydrogen-bond donors (Lipinski definition) is 1. The SMILES string of the molecule is CN(C(=O)c1ccc(C#CCCO)s1)C1CCCC1. The van der Waals surface area contributed by atoms with Gasteiger partial charge in [-0.15, -0.1) is 11.3 Å². The molecule has 0 atom stereocenters. The highest BCUT2D eigenvalue weighted by molar-refractivity contribution is 7.14. The minimum Gasteiger partial charge on any atom is -0.395 e. The highest BCUT2D eigenvalue weighted by Gasteiger charge is 2.24. The largest absolute Gasteiger partial charge is 0.395 e. The average molecular weight is 277 g/mol. The van der Waals surface area contributed by atoms with Gasteiger partial charge in [0.25, 0.3) is 5.91 Å². The van der Waals surface area contributed by atoms with E-state index in [1.165, 1.54) is 24.2 Å². The number of amides is 1. The van der Waals surface area contributed by atoms with Crippen LogP contribution in [0.5, 0.6) is 0 Å². The van der Waals surface area contributed by atoms with Gasteiger partial charge >= 0.3 is 0 Å². The Morgan fingerprint density at radius 3 is 2.89 bits per heavy atom. The molecule has 1 aliphatic carbocycles. The molecule has 2 rings (SSSR count). The summed E-state index contributed by atoms with van der Waals surface area (Å²) in [6.45, 7) is 0.0780. The first kappa shape index (κ1) is 14.1. The van der Waals surface area contributed by atoms with Gasteiger partial charge in [0.05, 0.1) is 16.4 Å². The predicted octanol–water partition coefficient (Wildman–Crippen LogP) is 2.50. The molecule has 3 nitrogen and oxygen atoms in total. The van der Waals surface area contributed by atoms with E-state index in [1.54, 1.807) is 0 Å². The zero-order chi connectivity index (χ0) is 13.7. The summed E-state index contributed by atoms with van der Waals surface area (Å²) in [5.74, 6) is 5.94. The normalized spacial score (nSPS) is 15.1. The van der Waals surface area contributed by atoms with Crippen molar-refractivity contribution in [1.29, 1.82) is 0 Å². The molecule has 0 saturated heterocycles. The number of aliphatic hydroxyl groups is 1. The molecule has 0 unspecified atom stereocenters. The Labute approximate surface area is 118 Å². The average Bonchev–Trinajstić information content (AvgIpc) is 3.08. The lowest BCUT2D eigenvalue weighted by atomic mass is 10.2. The summed E-state index contributed by atoms with van der Waals surface area (Å²) in [5.41, 5.74) is 0. The van der Waals surface area contributed by atoms with Gasteiger partial charge in [-0.3, -0.25) is 4.79 Å². The molecule has 19 heavy (non-hydrogen) atoms. The first-order valence-corrected chi connectivity index (χ1v) is 7.50. The second-order valence-electron chi connectivity index (χ2n) is 4.79. The van der Waals surface area contributed by atoms with Gasteiger partial charge in [-0.1, -0.05) is 24.7 Å². The third-order valence-corrected chi connectivity index (χ3v) is 4.45. The van der Waals surface area contributed by atoms with Crippen molar-refractivity contribution in [3.63, 3.8) is 0 Å². The number of nitrogens with zero attached hydrogens (tertiary/aromatic N) is 1. The molecular weight excluding hydrogens is 258 g/mol. The highest BCUT2D eigenvalue weighted by atomic mass is 32.1. The second-order valence-corrected chi connectivity index (χ2v) is 5.88. The van der Waals surface area contributed by atoms with Crippen LogP contribution in [0.4, 0.5) is 0 Å². The summed E-state index contributed by atoms with van der Waals surface area (Å²) in [5, 5.41) is 8.67. The predicted molar refractivity (Wildman–Crippen MR) is 77.2 cm³/mol. The molecule has 1 fully saturated rings. The van der Waals surface area contributed by atoms with Crippen molar-refractivity contribution in [3.8, 4) is 11.8 Å². The Morgan fingerprint density at radius 1 is 1.47 bits per heavy atom. The summed E-state index contributed by atoms with van der Waals surface area (Å²) in [7, 11) is 1.90. The molecule has 1 saturated carbocycles. The molecule has 1 aromatic rings. The lowest BCUT2D eigenvalue weighted by Crippen LogP contribution is -2.34. The zero-order valence-electron chi connectivity index (χ0n) is 11.2. The van der Waals surface area contributed by atoms with E-state index in [1.807, 2.05) is 24.1 Å². The maximum Gasteiger partial charge on any atom is 0.263 e. The molecule has 1 aliphatic rings. The van der Waals surface area contributed by atoms with E-state index in [0.29, 0.717) is 12.5 Å². The summed E-state index contributed by atoms with van der Waals surface area (Å²) in [4.78, 5) is 15.8. The van der Waals surface area contributed by atoms with E-state index in [2.05, 4.69) is 11.8 Å². The van der Waals surface area contributed by atoms with Gasteiger partial charge in [0.1, 0.15) is 0 Å². The number of carbonyl (C=O) groups excluding carboxylic acids is 1. The minimum absolute atomic E-state index is 0.0780. The fraction of sp³-hybridized carbons (Fsp3) is 0.533. The van der Waals surface area contributed by atoms with Crippen molar-refractivity contribution in [1.82, 2.24) is 4.90 Å². The molecule has 0 radical (unpaired) electrons. The number of thiophene rings is 1. The lowest BCUT2D eigenvalue weighted by Gasteiger charge is -2.23. The van der Waals surface area contributed by atoms with Gasteiger partial charge < -0.3 is 10.0 Å². The zero-order valence-corrected chi connectivity index (χ0v) is 12.0. The number of hydrogen-bond acceptors (Lipinski definition) is 3. The number of carbonyl (C=O) groups is 1. The van der Waals surface area contributed by atoms with Crippen molar-refractivity contribution in [3.05, 3.63) is 21.9 Å². The third-order valence-electron chi connectivity index (χ3n) is 3.46. The number of rotatable bonds is 3. The van der Waals surface area contributed by atoms with Crippen LogP contribution < -0.4 is 0 Å².